The van der Waals surface area contributed by atoms with Crippen LogP contribution in [0.2, 0.25) is 0 Å². The predicted octanol–water partition coefficient (Wildman–Crippen LogP) is 1.78. The van der Waals surface area contributed by atoms with Crippen molar-refractivity contribution < 1.29 is 23.8 Å². The molecule has 1 heterocycles. The molecule has 0 aromatic heterocycles. The highest BCUT2D eigenvalue weighted by molar-refractivity contribution is 5.93. The molecule has 28 heavy (non-hydrogen) atoms. The van der Waals surface area contributed by atoms with Gasteiger partial charge in [-0.05, 0) is 49.8 Å². The predicted molar refractivity (Wildman–Crippen MR) is 106 cm³/mol. The molecule has 1 N–H and O–H groups in total. The maximum atomic E-state index is 12.7. The second-order valence-corrected chi connectivity index (χ2v) is 6.56. The number of nitrogens with zero attached hydrogens (tertiary/aromatic N) is 1. The standard InChI is InChI=1S/C21H28N2O5/c1-5-7-19(24)22-16-8-6-11-23(14-16)20(25)10-9-15-12-17(26-2)21(28-4)18(13-15)27-3/h12-13,16H,6,8-11,14H2,1-4H3,(H,22,24). The summed E-state index contributed by atoms with van der Waals surface area (Å²) in [6.07, 6.45) is 2.65. The Labute approximate surface area is 166 Å². The number of nitrogens with one attached hydrogen (secondary N) is 1. The number of benzene rings is 1. The Hall–Kier alpha value is -2.88. The molecule has 7 nitrogen and oxygen atoms in total. The molecule has 2 amide bonds. The Morgan fingerprint density at radius 1 is 1.18 bits per heavy atom. The molecule has 1 unspecified atom stereocenters. The van der Waals surface area contributed by atoms with Crippen molar-refractivity contribution in [2.45, 2.75) is 38.6 Å². The zero-order chi connectivity index (χ0) is 20.5. The molecular weight excluding hydrogens is 360 g/mol. The number of likely N-dealkylation sites (tertiary alicyclic amines) is 1. The van der Waals surface area contributed by atoms with Crippen LogP contribution in [-0.4, -0.2) is 57.2 Å². The highest BCUT2D eigenvalue weighted by atomic mass is 16.5. The van der Waals surface area contributed by atoms with E-state index in [2.05, 4.69) is 17.2 Å². The molecule has 152 valence electrons. The fourth-order valence-electron chi connectivity index (χ4n) is 3.35. The quantitative estimate of drug-likeness (QED) is 0.721. The summed E-state index contributed by atoms with van der Waals surface area (Å²) in [4.78, 5) is 26.1. The van der Waals surface area contributed by atoms with Crippen molar-refractivity contribution in [3.05, 3.63) is 17.7 Å². The lowest BCUT2D eigenvalue weighted by Gasteiger charge is -2.33. The number of hydrogen-bond donors (Lipinski definition) is 1. The fraction of sp³-hybridized carbons (Fsp3) is 0.524. The lowest BCUT2D eigenvalue weighted by molar-refractivity contribution is -0.133. The number of amides is 2. The van der Waals surface area contributed by atoms with Crippen LogP contribution in [0.5, 0.6) is 17.2 Å². The Kier molecular flexibility index (Phi) is 8.00. The average Bonchev–Trinajstić information content (AvgIpc) is 2.71. The minimum Gasteiger partial charge on any atom is -0.493 e. The highest BCUT2D eigenvalue weighted by Crippen LogP contribution is 2.38. The number of piperidine rings is 1. The summed E-state index contributed by atoms with van der Waals surface area (Å²) in [7, 11) is 4.69. The summed E-state index contributed by atoms with van der Waals surface area (Å²) < 4.78 is 16.0. The van der Waals surface area contributed by atoms with Gasteiger partial charge >= 0.3 is 0 Å². The number of hydrogen-bond acceptors (Lipinski definition) is 5. The van der Waals surface area contributed by atoms with Crippen LogP contribution in [-0.2, 0) is 16.0 Å². The summed E-state index contributed by atoms with van der Waals surface area (Å²) in [5.41, 5.74) is 0.933. The third-order valence-corrected chi connectivity index (χ3v) is 4.70. The smallest absolute Gasteiger partial charge is 0.296 e. The first-order valence-corrected chi connectivity index (χ1v) is 9.32. The second-order valence-electron chi connectivity index (χ2n) is 6.56. The van der Waals surface area contributed by atoms with Crippen LogP contribution in [0.4, 0.5) is 0 Å². The molecule has 0 bridgehead atoms. The third-order valence-electron chi connectivity index (χ3n) is 4.70. The zero-order valence-electron chi connectivity index (χ0n) is 17.0. The van der Waals surface area contributed by atoms with Gasteiger partial charge in [-0.15, -0.1) is 0 Å². The number of rotatable bonds is 7. The molecule has 1 aliphatic rings. The van der Waals surface area contributed by atoms with Crippen molar-refractivity contribution in [2.24, 2.45) is 0 Å². The SMILES string of the molecule is CC#CC(=O)NC1CCCN(C(=O)CCc2cc(OC)c(OC)c(OC)c2)C1. The first kappa shape index (κ1) is 21.4. The van der Waals surface area contributed by atoms with Gasteiger partial charge in [-0.3, -0.25) is 9.59 Å². The van der Waals surface area contributed by atoms with Crippen LogP contribution in [0, 0.1) is 11.8 Å². The molecule has 0 spiro atoms. The van der Waals surface area contributed by atoms with Gasteiger partial charge in [0.15, 0.2) is 11.5 Å². The van der Waals surface area contributed by atoms with Crippen molar-refractivity contribution in [1.82, 2.24) is 10.2 Å². The minimum absolute atomic E-state index is 0.0489. The fourth-order valence-corrected chi connectivity index (χ4v) is 3.35. The highest BCUT2D eigenvalue weighted by Gasteiger charge is 2.24. The first-order valence-electron chi connectivity index (χ1n) is 9.32. The number of ether oxygens (including phenoxy) is 3. The van der Waals surface area contributed by atoms with Gasteiger partial charge in [0.05, 0.1) is 21.3 Å². The van der Waals surface area contributed by atoms with E-state index in [9.17, 15) is 9.59 Å². The van der Waals surface area contributed by atoms with Gasteiger partial charge in [0.25, 0.3) is 5.91 Å². The van der Waals surface area contributed by atoms with E-state index in [1.54, 1.807) is 28.3 Å². The summed E-state index contributed by atoms with van der Waals surface area (Å²) in [5, 5.41) is 2.87. The minimum atomic E-state index is -0.292. The van der Waals surface area contributed by atoms with Crippen molar-refractivity contribution in [3.8, 4) is 29.1 Å². The molecule has 1 saturated heterocycles. The van der Waals surface area contributed by atoms with Crippen molar-refractivity contribution in [3.63, 3.8) is 0 Å². The van der Waals surface area contributed by atoms with Gasteiger partial charge < -0.3 is 24.4 Å². The Balaban J connectivity index is 1.97. The van der Waals surface area contributed by atoms with Crippen LogP contribution < -0.4 is 19.5 Å². The van der Waals surface area contributed by atoms with Crippen LogP contribution >= 0.6 is 0 Å². The number of carbonyl (C=O) groups excluding carboxylic acids is 2. The van der Waals surface area contributed by atoms with E-state index in [4.69, 9.17) is 14.2 Å². The van der Waals surface area contributed by atoms with E-state index >= 15 is 0 Å². The van der Waals surface area contributed by atoms with Crippen molar-refractivity contribution >= 4 is 11.8 Å². The lowest BCUT2D eigenvalue weighted by Crippen LogP contribution is -2.49. The monoisotopic (exact) mass is 388 g/mol. The van der Waals surface area contributed by atoms with E-state index in [0.29, 0.717) is 43.2 Å². The summed E-state index contributed by atoms with van der Waals surface area (Å²) >= 11 is 0. The topological polar surface area (TPSA) is 77.1 Å². The molecule has 1 aromatic rings. The van der Waals surface area contributed by atoms with Gasteiger partial charge in [-0.25, -0.2) is 0 Å². The van der Waals surface area contributed by atoms with E-state index in [1.807, 2.05) is 17.0 Å². The van der Waals surface area contributed by atoms with Crippen molar-refractivity contribution in [2.75, 3.05) is 34.4 Å². The second kappa shape index (κ2) is 10.5. The largest absolute Gasteiger partial charge is 0.493 e. The lowest BCUT2D eigenvalue weighted by atomic mass is 10.0. The van der Waals surface area contributed by atoms with E-state index < -0.39 is 0 Å². The third kappa shape index (κ3) is 5.56. The van der Waals surface area contributed by atoms with Gasteiger partial charge in [-0.2, -0.15) is 0 Å². The Morgan fingerprint density at radius 2 is 1.86 bits per heavy atom. The van der Waals surface area contributed by atoms with Crippen LogP contribution in [0.15, 0.2) is 12.1 Å². The van der Waals surface area contributed by atoms with Gasteiger partial charge in [0.1, 0.15) is 0 Å². The maximum Gasteiger partial charge on any atom is 0.296 e. The van der Waals surface area contributed by atoms with E-state index in [0.717, 1.165) is 18.4 Å². The number of aryl methyl sites for hydroxylation is 1. The normalized spacial score (nSPS) is 15.9. The number of methoxy groups -OCH3 is 3. The number of carbonyl (C=O) groups is 2. The summed E-state index contributed by atoms with van der Waals surface area (Å²) in [5.74, 6) is 6.51. The van der Waals surface area contributed by atoms with Gasteiger partial charge in [0, 0.05) is 25.6 Å². The first-order chi connectivity index (χ1) is 13.5. The molecule has 7 heteroatoms. The molecule has 0 saturated carbocycles. The van der Waals surface area contributed by atoms with Gasteiger partial charge in [-0.1, -0.05) is 5.92 Å². The zero-order valence-corrected chi connectivity index (χ0v) is 17.0. The molecule has 1 atom stereocenters. The molecule has 2 rings (SSSR count). The van der Waals surface area contributed by atoms with Crippen molar-refractivity contribution in [1.29, 1.82) is 0 Å². The summed E-state index contributed by atoms with van der Waals surface area (Å²) in [6.45, 7) is 2.85. The summed E-state index contributed by atoms with van der Waals surface area (Å²) in [6, 6.07) is 3.67. The molecule has 1 aliphatic heterocycles. The van der Waals surface area contributed by atoms with Gasteiger partial charge in [0.2, 0.25) is 11.7 Å². The molecule has 0 radical (unpaired) electrons. The Morgan fingerprint density at radius 3 is 2.43 bits per heavy atom. The van der Waals surface area contributed by atoms with Crippen LogP contribution in [0.25, 0.3) is 0 Å². The molecule has 1 aromatic carbocycles. The Bertz CT molecular complexity index is 741. The average molecular weight is 388 g/mol. The molecule has 1 fully saturated rings. The maximum absolute atomic E-state index is 12.7. The van der Waals surface area contributed by atoms with E-state index in [-0.39, 0.29) is 17.9 Å². The van der Waals surface area contributed by atoms with E-state index in [1.165, 1.54) is 0 Å². The van der Waals surface area contributed by atoms with Crippen LogP contribution in [0.1, 0.15) is 31.7 Å². The van der Waals surface area contributed by atoms with Crippen LogP contribution in [0.3, 0.4) is 0 Å². The molecule has 0 aliphatic carbocycles. The molecular formula is C21H28N2O5.